The van der Waals surface area contributed by atoms with Crippen molar-refractivity contribution < 1.29 is 9.59 Å². The molecular weight excluding hydrogens is 302 g/mol. The molecule has 5 nitrogen and oxygen atoms in total. The van der Waals surface area contributed by atoms with E-state index in [1.807, 2.05) is 24.3 Å². The van der Waals surface area contributed by atoms with Crippen LogP contribution in [-0.2, 0) is 9.59 Å². The molecule has 1 unspecified atom stereocenters. The van der Waals surface area contributed by atoms with E-state index in [-0.39, 0.29) is 5.92 Å². The van der Waals surface area contributed by atoms with Gasteiger partial charge in [0.1, 0.15) is 0 Å². The molecule has 0 radical (unpaired) electrons. The van der Waals surface area contributed by atoms with Crippen molar-refractivity contribution >= 4 is 23.4 Å². The molecule has 3 rings (SSSR count). The summed E-state index contributed by atoms with van der Waals surface area (Å²) < 4.78 is 0. The number of isocyanates is 1. The number of hydrogen-bond donors (Lipinski definition) is 0. The van der Waals surface area contributed by atoms with E-state index in [1.165, 1.54) is 12.8 Å². The lowest BCUT2D eigenvalue weighted by atomic mass is 9.95. The summed E-state index contributed by atoms with van der Waals surface area (Å²) >= 11 is 0. The summed E-state index contributed by atoms with van der Waals surface area (Å²) in [5, 5.41) is 0. The van der Waals surface area contributed by atoms with E-state index in [4.69, 9.17) is 0 Å². The number of likely N-dealkylation sites (tertiary alicyclic amines) is 1. The quantitative estimate of drug-likeness (QED) is 0.632. The Balaban J connectivity index is 1.64. The lowest BCUT2D eigenvalue weighted by molar-refractivity contribution is -0.135. The van der Waals surface area contributed by atoms with Crippen LogP contribution >= 0.6 is 0 Å². The van der Waals surface area contributed by atoms with Gasteiger partial charge < -0.3 is 9.80 Å². The standard InChI is InChI=1S/C19H25N3O2/c23-15-20-17-7-9-18(10-8-17)22-13-5-6-16(14-22)19(24)21-11-3-1-2-4-12-21/h7-10,16H,1-6,11-14H2. The first kappa shape index (κ1) is 16.7. The Morgan fingerprint density at radius 2 is 1.71 bits per heavy atom. The second-order valence-corrected chi connectivity index (χ2v) is 6.74. The van der Waals surface area contributed by atoms with Gasteiger partial charge in [0, 0.05) is 31.9 Å². The van der Waals surface area contributed by atoms with E-state index in [1.54, 1.807) is 6.08 Å². The third-order valence-electron chi connectivity index (χ3n) is 5.08. The molecule has 1 aromatic carbocycles. The molecule has 0 saturated carbocycles. The zero-order chi connectivity index (χ0) is 16.8. The van der Waals surface area contributed by atoms with Crippen LogP contribution in [0.15, 0.2) is 29.3 Å². The lowest BCUT2D eigenvalue weighted by Crippen LogP contribution is -2.45. The molecule has 2 heterocycles. The second kappa shape index (κ2) is 8.11. The van der Waals surface area contributed by atoms with Crippen LogP contribution in [0.2, 0.25) is 0 Å². The highest BCUT2D eigenvalue weighted by Crippen LogP contribution is 2.27. The first-order chi connectivity index (χ1) is 11.8. The number of carbonyl (C=O) groups is 1. The average molecular weight is 327 g/mol. The summed E-state index contributed by atoms with van der Waals surface area (Å²) in [5.41, 5.74) is 1.70. The molecule has 0 aliphatic carbocycles. The van der Waals surface area contributed by atoms with Crippen molar-refractivity contribution in [2.75, 3.05) is 31.1 Å². The fourth-order valence-electron chi connectivity index (χ4n) is 3.75. The van der Waals surface area contributed by atoms with Gasteiger partial charge in [-0.3, -0.25) is 4.79 Å². The maximum absolute atomic E-state index is 12.9. The first-order valence-electron chi connectivity index (χ1n) is 8.99. The molecule has 24 heavy (non-hydrogen) atoms. The van der Waals surface area contributed by atoms with E-state index >= 15 is 0 Å². The highest BCUT2D eigenvalue weighted by atomic mass is 16.2. The molecule has 128 valence electrons. The minimum atomic E-state index is 0.101. The third kappa shape index (κ3) is 4.04. The topological polar surface area (TPSA) is 53.0 Å². The Kier molecular flexibility index (Phi) is 5.65. The van der Waals surface area contributed by atoms with Gasteiger partial charge in [0.05, 0.1) is 11.6 Å². The summed E-state index contributed by atoms with van der Waals surface area (Å²) in [6.45, 7) is 3.60. The molecule has 1 atom stereocenters. The van der Waals surface area contributed by atoms with Gasteiger partial charge in [0.15, 0.2) is 0 Å². The first-order valence-corrected chi connectivity index (χ1v) is 8.99. The average Bonchev–Trinajstić information content (AvgIpc) is 2.91. The van der Waals surface area contributed by atoms with E-state index in [9.17, 15) is 9.59 Å². The van der Waals surface area contributed by atoms with Crippen molar-refractivity contribution in [1.82, 2.24) is 4.90 Å². The van der Waals surface area contributed by atoms with Gasteiger partial charge in [-0.2, -0.15) is 4.99 Å². The number of amides is 1. The molecule has 2 aliphatic rings. The molecule has 0 aromatic heterocycles. The van der Waals surface area contributed by atoms with Crippen LogP contribution in [0.25, 0.3) is 0 Å². The highest BCUT2D eigenvalue weighted by Gasteiger charge is 2.29. The Hall–Kier alpha value is -2.13. The number of rotatable bonds is 3. The SMILES string of the molecule is O=C=Nc1ccc(N2CCCC(C(=O)N3CCCCCC3)C2)cc1. The normalized spacial score (nSPS) is 21.8. The number of aliphatic imine (C=N–C) groups is 1. The van der Waals surface area contributed by atoms with Gasteiger partial charge in [-0.1, -0.05) is 12.8 Å². The van der Waals surface area contributed by atoms with E-state index in [0.717, 1.165) is 57.5 Å². The Labute approximate surface area is 143 Å². The lowest BCUT2D eigenvalue weighted by Gasteiger charge is -2.36. The molecular formula is C19H25N3O2. The fourth-order valence-corrected chi connectivity index (χ4v) is 3.75. The van der Waals surface area contributed by atoms with Crippen molar-refractivity contribution in [3.05, 3.63) is 24.3 Å². The molecule has 2 fully saturated rings. The van der Waals surface area contributed by atoms with Crippen LogP contribution in [0, 0.1) is 5.92 Å². The summed E-state index contributed by atoms with van der Waals surface area (Å²) in [4.78, 5) is 31.2. The monoisotopic (exact) mass is 327 g/mol. The van der Waals surface area contributed by atoms with Crippen LogP contribution in [0.5, 0.6) is 0 Å². The van der Waals surface area contributed by atoms with E-state index < -0.39 is 0 Å². The molecule has 0 spiro atoms. The summed E-state index contributed by atoms with van der Waals surface area (Å²) in [6.07, 6.45) is 8.36. The van der Waals surface area contributed by atoms with Crippen LogP contribution in [-0.4, -0.2) is 43.1 Å². The Bertz CT molecular complexity index is 600. The van der Waals surface area contributed by atoms with Crippen molar-refractivity contribution in [3.63, 3.8) is 0 Å². The van der Waals surface area contributed by atoms with Crippen LogP contribution in [0.3, 0.4) is 0 Å². The predicted molar refractivity (Wildman–Crippen MR) is 94.2 cm³/mol. The second-order valence-electron chi connectivity index (χ2n) is 6.74. The largest absolute Gasteiger partial charge is 0.371 e. The zero-order valence-electron chi connectivity index (χ0n) is 14.1. The maximum atomic E-state index is 12.9. The maximum Gasteiger partial charge on any atom is 0.240 e. The van der Waals surface area contributed by atoms with Crippen molar-refractivity contribution in [2.24, 2.45) is 10.9 Å². The summed E-state index contributed by atoms with van der Waals surface area (Å²) in [6, 6.07) is 7.57. The van der Waals surface area contributed by atoms with Crippen LogP contribution < -0.4 is 4.90 Å². The van der Waals surface area contributed by atoms with Gasteiger partial charge in [-0.25, -0.2) is 4.79 Å². The molecule has 5 heteroatoms. The van der Waals surface area contributed by atoms with Crippen molar-refractivity contribution in [2.45, 2.75) is 38.5 Å². The number of anilines is 1. The molecule has 0 bridgehead atoms. The summed E-state index contributed by atoms with van der Waals surface area (Å²) in [7, 11) is 0. The van der Waals surface area contributed by atoms with Gasteiger partial charge in [0.25, 0.3) is 0 Å². The van der Waals surface area contributed by atoms with Gasteiger partial charge >= 0.3 is 0 Å². The third-order valence-corrected chi connectivity index (χ3v) is 5.08. The molecule has 1 aromatic rings. The minimum absolute atomic E-state index is 0.101. The number of carbonyl (C=O) groups excluding carboxylic acids is 2. The zero-order valence-corrected chi connectivity index (χ0v) is 14.1. The number of nitrogens with zero attached hydrogens (tertiary/aromatic N) is 3. The molecule has 2 aliphatic heterocycles. The Morgan fingerprint density at radius 1 is 1.00 bits per heavy atom. The van der Waals surface area contributed by atoms with Gasteiger partial charge in [-0.15, -0.1) is 0 Å². The summed E-state index contributed by atoms with van der Waals surface area (Å²) in [5.74, 6) is 0.438. The van der Waals surface area contributed by atoms with Crippen LogP contribution in [0.4, 0.5) is 11.4 Å². The number of hydrogen-bond acceptors (Lipinski definition) is 4. The highest BCUT2D eigenvalue weighted by molar-refractivity contribution is 5.80. The van der Waals surface area contributed by atoms with E-state index in [0.29, 0.717) is 11.6 Å². The van der Waals surface area contributed by atoms with Gasteiger partial charge in [0.2, 0.25) is 12.0 Å². The van der Waals surface area contributed by atoms with Crippen molar-refractivity contribution in [3.8, 4) is 0 Å². The fraction of sp³-hybridized carbons (Fsp3) is 0.579. The molecule has 1 amide bonds. The number of benzene rings is 1. The molecule has 0 N–H and O–H groups in total. The van der Waals surface area contributed by atoms with Gasteiger partial charge in [-0.05, 0) is 49.9 Å². The van der Waals surface area contributed by atoms with E-state index in [2.05, 4.69) is 14.8 Å². The number of piperidine rings is 1. The Morgan fingerprint density at radius 3 is 2.38 bits per heavy atom. The van der Waals surface area contributed by atoms with Crippen molar-refractivity contribution in [1.29, 1.82) is 0 Å². The minimum Gasteiger partial charge on any atom is -0.371 e. The van der Waals surface area contributed by atoms with Crippen LogP contribution in [0.1, 0.15) is 38.5 Å². The smallest absolute Gasteiger partial charge is 0.240 e. The molecule has 2 saturated heterocycles. The predicted octanol–water partition coefficient (Wildman–Crippen LogP) is 3.27.